The first-order valence-electron chi connectivity index (χ1n) is 8.94. The standard InChI is InChI=1S/C21H22N4O/c1-25-14-15(16-6-2-5-9-19(16)25)10-11-21(26)22-13-12-20-23-17-7-3-4-8-18(17)24-20/h2-9,14H,10-13H2,1H3,(H,22,26)(H,23,24). The molecular weight excluding hydrogens is 324 g/mol. The van der Waals surface area contributed by atoms with E-state index in [2.05, 4.69) is 38.2 Å². The number of hydrogen-bond acceptors (Lipinski definition) is 2. The van der Waals surface area contributed by atoms with Crippen LogP contribution in [0.2, 0.25) is 0 Å². The number of aromatic nitrogens is 3. The maximum absolute atomic E-state index is 12.2. The molecule has 0 aliphatic heterocycles. The Kier molecular flexibility index (Phi) is 4.44. The summed E-state index contributed by atoms with van der Waals surface area (Å²) in [6, 6.07) is 16.3. The van der Waals surface area contributed by atoms with E-state index in [4.69, 9.17) is 0 Å². The molecule has 0 bridgehead atoms. The molecule has 26 heavy (non-hydrogen) atoms. The van der Waals surface area contributed by atoms with E-state index >= 15 is 0 Å². The van der Waals surface area contributed by atoms with Crippen LogP contribution >= 0.6 is 0 Å². The number of fused-ring (bicyclic) bond motifs is 2. The number of para-hydroxylation sites is 3. The number of carbonyl (C=O) groups is 1. The highest BCUT2D eigenvalue weighted by Crippen LogP contribution is 2.21. The topological polar surface area (TPSA) is 62.7 Å². The Hall–Kier alpha value is -3.08. The first-order chi connectivity index (χ1) is 12.7. The molecule has 2 aromatic carbocycles. The lowest BCUT2D eigenvalue weighted by Crippen LogP contribution is -2.26. The minimum Gasteiger partial charge on any atom is -0.356 e. The van der Waals surface area contributed by atoms with Crippen LogP contribution in [0.25, 0.3) is 21.9 Å². The van der Waals surface area contributed by atoms with Gasteiger partial charge in [-0.25, -0.2) is 4.98 Å². The van der Waals surface area contributed by atoms with Crippen molar-refractivity contribution in [1.29, 1.82) is 0 Å². The highest BCUT2D eigenvalue weighted by molar-refractivity contribution is 5.85. The van der Waals surface area contributed by atoms with Crippen molar-refractivity contribution >= 4 is 27.8 Å². The lowest BCUT2D eigenvalue weighted by Gasteiger charge is -2.04. The number of hydrogen-bond donors (Lipinski definition) is 2. The Morgan fingerprint density at radius 3 is 2.81 bits per heavy atom. The molecule has 0 fully saturated rings. The molecule has 2 N–H and O–H groups in total. The zero-order chi connectivity index (χ0) is 17.9. The van der Waals surface area contributed by atoms with Crippen LogP contribution in [-0.2, 0) is 24.7 Å². The van der Waals surface area contributed by atoms with Gasteiger partial charge in [-0.1, -0.05) is 30.3 Å². The average molecular weight is 346 g/mol. The smallest absolute Gasteiger partial charge is 0.220 e. The van der Waals surface area contributed by atoms with E-state index in [0.717, 1.165) is 23.3 Å². The Morgan fingerprint density at radius 1 is 1.12 bits per heavy atom. The summed E-state index contributed by atoms with van der Waals surface area (Å²) in [6.45, 7) is 0.591. The molecule has 0 saturated heterocycles. The number of amides is 1. The summed E-state index contributed by atoms with van der Waals surface area (Å²) >= 11 is 0. The number of aromatic amines is 1. The van der Waals surface area contributed by atoms with Gasteiger partial charge in [0.1, 0.15) is 5.82 Å². The second-order valence-electron chi connectivity index (χ2n) is 6.58. The molecule has 4 rings (SSSR count). The van der Waals surface area contributed by atoms with Crippen molar-refractivity contribution in [3.8, 4) is 0 Å². The van der Waals surface area contributed by atoms with Gasteiger partial charge in [-0.05, 0) is 30.2 Å². The molecule has 4 aromatic rings. The predicted octanol–water partition coefficient (Wildman–Crippen LogP) is 3.35. The van der Waals surface area contributed by atoms with Gasteiger partial charge in [0.05, 0.1) is 11.0 Å². The lowest BCUT2D eigenvalue weighted by atomic mass is 10.1. The Morgan fingerprint density at radius 2 is 1.92 bits per heavy atom. The molecule has 0 saturated carbocycles. The number of carbonyl (C=O) groups excluding carboxylic acids is 1. The number of H-pyrrole nitrogens is 1. The molecule has 2 aromatic heterocycles. The summed E-state index contributed by atoms with van der Waals surface area (Å²) in [6.07, 6.45) is 4.06. The number of benzene rings is 2. The third kappa shape index (κ3) is 3.33. The number of nitrogens with one attached hydrogen (secondary N) is 2. The fourth-order valence-electron chi connectivity index (χ4n) is 3.41. The maximum Gasteiger partial charge on any atom is 0.220 e. The van der Waals surface area contributed by atoms with Gasteiger partial charge in [-0.15, -0.1) is 0 Å². The third-order valence-electron chi connectivity index (χ3n) is 4.72. The van der Waals surface area contributed by atoms with Crippen LogP contribution in [0.3, 0.4) is 0 Å². The van der Waals surface area contributed by atoms with Crippen molar-refractivity contribution in [1.82, 2.24) is 19.9 Å². The zero-order valence-electron chi connectivity index (χ0n) is 14.8. The molecular formula is C21H22N4O. The molecule has 1 amide bonds. The molecule has 5 heteroatoms. The first kappa shape index (κ1) is 16.4. The number of rotatable bonds is 6. The quantitative estimate of drug-likeness (QED) is 0.562. The van der Waals surface area contributed by atoms with Crippen LogP contribution in [-0.4, -0.2) is 27.0 Å². The van der Waals surface area contributed by atoms with Crippen molar-refractivity contribution in [3.05, 3.63) is 66.1 Å². The van der Waals surface area contributed by atoms with E-state index in [-0.39, 0.29) is 5.91 Å². The number of aryl methyl sites for hydroxylation is 2. The van der Waals surface area contributed by atoms with Gasteiger partial charge < -0.3 is 14.9 Å². The number of nitrogens with zero attached hydrogens (tertiary/aromatic N) is 2. The van der Waals surface area contributed by atoms with Gasteiger partial charge in [0.15, 0.2) is 0 Å². The van der Waals surface area contributed by atoms with E-state index in [0.29, 0.717) is 19.4 Å². The van der Waals surface area contributed by atoms with Crippen molar-refractivity contribution in [3.63, 3.8) is 0 Å². The van der Waals surface area contributed by atoms with E-state index in [9.17, 15) is 4.79 Å². The van der Waals surface area contributed by atoms with Gasteiger partial charge in [0, 0.05) is 43.5 Å². The maximum atomic E-state index is 12.2. The third-order valence-corrected chi connectivity index (χ3v) is 4.72. The molecule has 0 unspecified atom stereocenters. The summed E-state index contributed by atoms with van der Waals surface area (Å²) in [4.78, 5) is 20.0. The Balaban J connectivity index is 1.30. The van der Waals surface area contributed by atoms with E-state index in [1.165, 1.54) is 16.5 Å². The van der Waals surface area contributed by atoms with Crippen molar-refractivity contribution < 1.29 is 4.79 Å². The zero-order valence-corrected chi connectivity index (χ0v) is 14.8. The molecule has 5 nitrogen and oxygen atoms in total. The second-order valence-corrected chi connectivity index (χ2v) is 6.58. The minimum atomic E-state index is 0.0778. The van der Waals surface area contributed by atoms with E-state index in [1.54, 1.807) is 0 Å². The first-order valence-corrected chi connectivity index (χ1v) is 8.94. The van der Waals surface area contributed by atoms with Crippen molar-refractivity contribution in [2.24, 2.45) is 7.05 Å². The molecule has 0 spiro atoms. The van der Waals surface area contributed by atoms with Gasteiger partial charge in [0.2, 0.25) is 5.91 Å². The van der Waals surface area contributed by atoms with Crippen LogP contribution in [0, 0.1) is 0 Å². The van der Waals surface area contributed by atoms with Gasteiger partial charge >= 0.3 is 0 Å². The second kappa shape index (κ2) is 7.04. The summed E-state index contributed by atoms with van der Waals surface area (Å²) < 4.78 is 2.12. The lowest BCUT2D eigenvalue weighted by molar-refractivity contribution is -0.121. The molecule has 132 valence electrons. The highest BCUT2D eigenvalue weighted by Gasteiger charge is 2.09. The fourth-order valence-corrected chi connectivity index (χ4v) is 3.41. The number of imidazole rings is 1. The van der Waals surface area contributed by atoms with E-state index in [1.807, 2.05) is 43.4 Å². The van der Waals surface area contributed by atoms with Crippen LogP contribution in [0.5, 0.6) is 0 Å². The molecule has 0 aliphatic rings. The van der Waals surface area contributed by atoms with Crippen LogP contribution in [0.4, 0.5) is 0 Å². The van der Waals surface area contributed by atoms with Gasteiger partial charge in [-0.3, -0.25) is 4.79 Å². The highest BCUT2D eigenvalue weighted by atomic mass is 16.1. The summed E-state index contributed by atoms with van der Waals surface area (Å²) in [5.74, 6) is 0.981. The van der Waals surface area contributed by atoms with Crippen molar-refractivity contribution in [2.75, 3.05) is 6.54 Å². The largest absolute Gasteiger partial charge is 0.356 e. The van der Waals surface area contributed by atoms with Crippen molar-refractivity contribution in [2.45, 2.75) is 19.3 Å². The van der Waals surface area contributed by atoms with E-state index < -0.39 is 0 Å². The van der Waals surface area contributed by atoms with Gasteiger partial charge in [-0.2, -0.15) is 0 Å². The molecule has 2 heterocycles. The SMILES string of the molecule is Cn1cc(CCC(=O)NCCc2nc3ccccc3[nH]2)c2ccccc21. The summed E-state index contributed by atoms with van der Waals surface area (Å²) in [7, 11) is 2.04. The van der Waals surface area contributed by atoms with Gasteiger partial charge in [0.25, 0.3) is 0 Å². The Labute approximate surface area is 152 Å². The normalized spacial score (nSPS) is 11.3. The van der Waals surface area contributed by atoms with Crippen LogP contribution in [0.1, 0.15) is 17.8 Å². The monoisotopic (exact) mass is 346 g/mol. The summed E-state index contributed by atoms with van der Waals surface area (Å²) in [5, 5.41) is 4.22. The van der Waals surface area contributed by atoms with Crippen LogP contribution < -0.4 is 5.32 Å². The fraction of sp³-hybridized carbons (Fsp3) is 0.238. The minimum absolute atomic E-state index is 0.0778. The molecule has 0 atom stereocenters. The molecule has 0 radical (unpaired) electrons. The Bertz CT molecular complexity index is 1030. The summed E-state index contributed by atoms with van der Waals surface area (Å²) in [5.41, 5.74) is 4.41. The predicted molar refractivity (Wildman–Crippen MR) is 104 cm³/mol. The van der Waals surface area contributed by atoms with Crippen LogP contribution in [0.15, 0.2) is 54.7 Å². The average Bonchev–Trinajstić information content (AvgIpc) is 3.21. The molecule has 0 aliphatic carbocycles.